The third-order valence-corrected chi connectivity index (χ3v) is 23.3. The molecule has 11 nitrogen and oxygen atoms in total. The Bertz CT molecular complexity index is 5520. The molecular weight excluding hydrogens is 1540 g/mol. The maximum Gasteiger partial charge on any atom is 0.494 e. The number of benzene rings is 12. The lowest BCUT2D eigenvalue weighted by Crippen LogP contribution is -2.41. The molecule has 4 aliphatic rings. The number of hydrogen-bond acceptors (Lipinski definition) is 9. The third-order valence-electron chi connectivity index (χ3n) is 22.0. The van der Waals surface area contributed by atoms with Crippen molar-refractivity contribution in [2.75, 3.05) is 7.15 Å². The number of halogens is 5. The van der Waals surface area contributed by atoms with Gasteiger partial charge in [-0.05, 0) is 226 Å². The monoisotopic (exact) mass is 1630 g/mol. The van der Waals surface area contributed by atoms with Gasteiger partial charge in [0.25, 0.3) is 0 Å². The van der Waals surface area contributed by atoms with Crippen LogP contribution in [0.2, 0.25) is 15.1 Å². The minimum atomic E-state index is -1.00. The molecule has 0 spiro atoms. The Morgan fingerprint density at radius 2 is 0.596 bits per heavy atom. The number of para-hydroxylation sites is 4. The first-order chi connectivity index (χ1) is 55.0. The van der Waals surface area contributed by atoms with E-state index in [2.05, 4.69) is 250 Å². The van der Waals surface area contributed by atoms with Gasteiger partial charge in [-0.2, -0.15) is 0 Å². The van der Waals surface area contributed by atoms with Gasteiger partial charge in [0.05, 0.1) is 64.2 Å². The zero-order valence-electron chi connectivity index (χ0n) is 67.1. The molecule has 0 atom stereocenters. The summed E-state index contributed by atoms with van der Waals surface area (Å²) in [5.41, 5.74) is 14.6. The van der Waals surface area contributed by atoms with Crippen molar-refractivity contribution in [1.29, 1.82) is 0 Å². The molecule has 3 aliphatic heterocycles. The van der Waals surface area contributed by atoms with Gasteiger partial charge in [0.1, 0.15) is 0 Å². The molecule has 12 aromatic carbocycles. The molecule has 3 saturated heterocycles. The van der Waals surface area contributed by atoms with Crippen molar-refractivity contribution in [3.63, 3.8) is 0 Å². The van der Waals surface area contributed by atoms with E-state index < -0.39 is 21.2 Å². The van der Waals surface area contributed by atoms with Crippen LogP contribution in [0.5, 0.6) is 0 Å². The van der Waals surface area contributed by atoms with E-state index in [-0.39, 0.29) is 40.7 Å². The van der Waals surface area contributed by atoms with Crippen LogP contribution in [0.25, 0.3) is 100 Å². The Morgan fingerprint density at radius 3 is 0.930 bits per heavy atom. The highest BCUT2D eigenvalue weighted by Crippen LogP contribution is 2.44. The highest BCUT2D eigenvalue weighted by atomic mass is 79.9. The standard InChI is InChI=1S/C24H24BNO2.C21H14ClN3.C18H12ClN.C13H10.C12H24B2O4.C6H4BrCl.CH3F/c1-23(2)24(3,4)28-25(27-23)17-13-15-18(16-14-17)26-21-11-7-5-9-19(21)20-10-6-8-12-22(20)26;22-18-13-11-17(12-14-18)21-24-19(15-7-3-1-4-8-15)23-20(25-21)16-9-5-2-6-10-16;19-13-9-11-14(12-10-13)20-17-7-3-1-5-15(17)16-6-2-4-8-18(16)20;1-3-7-12-10(5-1)9-11-6-2-4-8-13(11)12;1-9(2)10(3,4)16-13(15-9)14-17-11(5,6)12(7,8)18-14;7-5-1-3-6(8)4-2-5;1-2/h5-16H,1-4H3;1-14H;1-12H;1-8H,9H2;1-8H3;1-4H;1H3/i;;;;;;1D. The summed E-state index contributed by atoms with van der Waals surface area (Å²) in [6.45, 7) is 24.5. The summed E-state index contributed by atoms with van der Waals surface area (Å²) in [7, 11) is -2.29. The fraction of sp³-hybridized carbons (Fsp3) is 0.211. The normalized spacial score (nSPS) is 16.0. The second-order valence-corrected chi connectivity index (χ2v) is 33.3. The quantitative estimate of drug-likeness (QED) is 0.144. The van der Waals surface area contributed by atoms with Crippen LogP contribution in [0.1, 0.15) is 95.6 Å². The lowest BCUT2D eigenvalue weighted by Gasteiger charge is -2.32. The molecule has 15 aromatic rings. The van der Waals surface area contributed by atoms with Crippen molar-refractivity contribution in [2.45, 2.75) is 123 Å². The Kier molecular flexibility index (Phi) is 24.8. The summed E-state index contributed by atoms with van der Waals surface area (Å²) in [5, 5.41) is 7.31. The highest BCUT2D eigenvalue weighted by Gasteiger charge is 2.64. The molecule has 0 amide bonds. The van der Waals surface area contributed by atoms with Gasteiger partial charge in [-0.3, -0.25) is 4.39 Å². The summed E-state index contributed by atoms with van der Waals surface area (Å²) < 4.78 is 57.4. The van der Waals surface area contributed by atoms with Gasteiger partial charge in [-0.25, -0.2) is 15.0 Å². The van der Waals surface area contributed by atoms with Crippen molar-refractivity contribution < 1.29 is 33.7 Å². The third kappa shape index (κ3) is 18.1. The first-order valence-corrected chi connectivity index (χ1v) is 39.9. The van der Waals surface area contributed by atoms with Crippen LogP contribution in [0.3, 0.4) is 0 Å². The molecule has 0 N–H and O–H groups in total. The van der Waals surface area contributed by atoms with E-state index >= 15 is 0 Å². The van der Waals surface area contributed by atoms with Gasteiger partial charge < -0.3 is 37.1 Å². The number of rotatable bonds is 7. The molecule has 114 heavy (non-hydrogen) atoms. The van der Waals surface area contributed by atoms with E-state index in [0.717, 1.165) is 54.5 Å². The zero-order valence-corrected chi connectivity index (χ0v) is 69.9. The van der Waals surface area contributed by atoms with E-state index in [1.54, 1.807) is 0 Å². The fourth-order valence-corrected chi connectivity index (χ4v) is 14.4. The Hall–Kier alpha value is -9.52. The SMILES string of the molecule is CC1(C)OB(B2OC(C)(C)C(C)(C)O2)OC1(C)C.CC1(C)OB(c2ccc(-n3c4ccccc4c4ccccc43)cc2)OC1(C)C.Clc1ccc(-c2nc(-c3ccccc3)nc(-c3ccccc3)n2)cc1.Clc1ccc(-n2c3ccccc3c3ccccc32)cc1.Clc1ccc(Br)cc1.[2H]CF.c1ccc2c(c1)Cc1ccccc1-2. The average molecular weight is 1640 g/mol. The van der Waals surface area contributed by atoms with Crippen LogP contribution < -0.4 is 5.46 Å². The maximum atomic E-state index is 9.96. The number of alkyl halides is 1. The lowest BCUT2D eigenvalue weighted by atomic mass is 9.49. The van der Waals surface area contributed by atoms with E-state index in [4.69, 9.17) is 64.1 Å². The Morgan fingerprint density at radius 1 is 0.333 bits per heavy atom. The molecule has 6 heterocycles. The minimum absolute atomic E-state index is 0.330. The van der Waals surface area contributed by atoms with Crippen molar-refractivity contribution in [3.05, 3.63) is 334 Å². The molecule has 0 unspecified atom stereocenters. The molecule has 19 rings (SSSR count). The number of fused-ring (bicyclic) bond motifs is 9. The van der Waals surface area contributed by atoms with Gasteiger partial charge >= 0.3 is 21.1 Å². The molecular formula is C95H91B3BrCl3FN5O6. The molecule has 1 aliphatic carbocycles. The first-order valence-electron chi connectivity index (χ1n) is 38.7. The van der Waals surface area contributed by atoms with Crippen LogP contribution >= 0.6 is 50.7 Å². The van der Waals surface area contributed by atoms with Crippen molar-refractivity contribution in [2.24, 2.45) is 0 Å². The lowest BCUT2D eigenvalue weighted by molar-refractivity contribution is 0.00578. The zero-order chi connectivity index (χ0) is 81.5. The molecule has 576 valence electrons. The summed E-state index contributed by atoms with van der Waals surface area (Å²) >= 11 is 20.9. The van der Waals surface area contributed by atoms with Crippen LogP contribution in [0.15, 0.2) is 308 Å². The van der Waals surface area contributed by atoms with Crippen LogP contribution in [-0.2, 0) is 34.3 Å². The van der Waals surface area contributed by atoms with Gasteiger partial charge in [-0.15, -0.1) is 0 Å². The first kappa shape index (κ1) is 81.1. The fourth-order valence-electron chi connectivity index (χ4n) is 13.8. The van der Waals surface area contributed by atoms with Crippen molar-refractivity contribution >= 4 is 121 Å². The smallest absolute Gasteiger partial charge is 0.405 e. The van der Waals surface area contributed by atoms with E-state index in [0.29, 0.717) is 22.5 Å². The largest absolute Gasteiger partial charge is 0.494 e. The molecule has 3 aromatic heterocycles. The maximum absolute atomic E-state index is 9.96. The van der Waals surface area contributed by atoms with Crippen LogP contribution in [0, 0.1) is 0 Å². The predicted molar refractivity (Wildman–Crippen MR) is 476 cm³/mol. The van der Waals surface area contributed by atoms with E-state index in [1.807, 2.05) is 177 Å². The van der Waals surface area contributed by atoms with Crippen molar-refractivity contribution in [3.8, 4) is 56.7 Å². The Balaban J connectivity index is 0.000000123. The molecule has 19 heteroatoms. The van der Waals surface area contributed by atoms with E-state index in [9.17, 15) is 4.39 Å². The van der Waals surface area contributed by atoms with E-state index in [1.165, 1.54) is 65.9 Å². The topological polar surface area (TPSA) is 104 Å². The predicted octanol–water partition coefficient (Wildman–Crippen LogP) is 25.2. The van der Waals surface area contributed by atoms with Crippen molar-refractivity contribution in [1.82, 2.24) is 24.1 Å². The minimum Gasteiger partial charge on any atom is -0.405 e. The van der Waals surface area contributed by atoms with Crippen LogP contribution in [0.4, 0.5) is 4.39 Å². The molecule has 3 fully saturated rings. The van der Waals surface area contributed by atoms with Gasteiger partial charge in [0.2, 0.25) is 0 Å². The van der Waals surface area contributed by atoms with Gasteiger partial charge in [-0.1, -0.05) is 245 Å². The second-order valence-electron chi connectivity index (χ2n) is 31.1. The number of hydrogen-bond donors (Lipinski definition) is 0. The summed E-state index contributed by atoms with van der Waals surface area (Å²) in [4.78, 5) is 14.0. The molecule has 0 bridgehead atoms. The second kappa shape index (κ2) is 34.9. The van der Waals surface area contributed by atoms with Gasteiger partial charge in [0.15, 0.2) is 17.5 Å². The average Bonchev–Trinajstić information content (AvgIpc) is 1.61. The van der Waals surface area contributed by atoms with Gasteiger partial charge in [0, 0.05) is 69.2 Å². The number of nitrogens with zero attached hydrogens (tertiary/aromatic N) is 5. The highest BCUT2D eigenvalue weighted by molar-refractivity contribution is 9.10. The van der Waals surface area contributed by atoms with Crippen LogP contribution in [-0.4, -0.2) is 86.0 Å². The number of aromatic nitrogens is 5. The summed E-state index contributed by atoms with van der Waals surface area (Å²) in [5.74, 6) is 1.93. The summed E-state index contributed by atoms with van der Waals surface area (Å²) in [6.07, 6.45) is 1.10. The summed E-state index contributed by atoms with van der Waals surface area (Å²) in [6, 6.07) is 103. The molecule has 0 saturated carbocycles. The Labute approximate surface area is 694 Å². The molecule has 0 radical (unpaired) electrons.